The predicted octanol–water partition coefficient (Wildman–Crippen LogP) is 1.36. The highest BCUT2D eigenvalue weighted by Crippen LogP contribution is 2.22. The van der Waals surface area contributed by atoms with E-state index in [1.54, 1.807) is 24.3 Å². The van der Waals surface area contributed by atoms with Crippen LogP contribution in [0.4, 0.5) is 19.3 Å². The van der Waals surface area contributed by atoms with Crippen LogP contribution in [0.15, 0.2) is 42.5 Å². The molecule has 1 atom stereocenters. The third-order valence-corrected chi connectivity index (χ3v) is 4.82. The maximum absolute atomic E-state index is 13.6. The maximum atomic E-state index is 13.6. The van der Waals surface area contributed by atoms with Crippen LogP contribution in [0.3, 0.4) is 0 Å². The summed E-state index contributed by atoms with van der Waals surface area (Å²) < 4.78 is 32.3. The van der Waals surface area contributed by atoms with E-state index in [1.165, 1.54) is 12.0 Å². The Labute approximate surface area is 183 Å². The summed E-state index contributed by atoms with van der Waals surface area (Å²) in [6.45, 7) is 0.305. The fraction of sp³-hybridized carbons (Fsp3) is 0.286. The zero-order valence-electron chi connectivity index (χ0n) is 17.3. The van der Waals surface area contributed by atoms with Crippen molar-refractivity contribution in [3.05, 3.63) is 59.7 Å². The van der Waals surface area contributed by atoms with E-state index in [0.717, 1.165) is 17.0 Å². The molecule has 11 heteroatoms. The number of halogens is 2. The molecule has 170 valence electrons. The van der Waals surface area contributed by atoms with Gasteiger partial charge in [0.05, 0.1) is 7.11 Å². The molecule has 0 bridgehead atoms. The molecule has 2 aromatic carbocycles. The van der Waals surface area contributed by atoms with Crippen LogP contribution < -0.4 is 21.1 Å². The maximum Gasteiger partial charge on any atom is 0.323 e. The molecule has 0 radical (unpaired) electrons. The Morgan fingerprint density at radius 1 is 1.06 bits per heavy atom. The Hall–Kier alpha value is -3.73. The van der Waals surface area contributed by atoms with Crippen molar-refractivity contribution in [3.63, 3.8) is 0 Å². The Kier molecular flexibility index (Phi) is 7.21. The molecular formula is C21H23F2N5O4. The van der Waals surface area contributed by atoms with Gasteiger partial charge in [0.2, 0.25) is 0 Å². The number of ether oxygens (including phenoxy) is 1. The summed E-state index contributed by atoms with van der Waals surface area (Å²) in [5.41, 5.74) is 5.62. The van der Waals surface area contributed by atoms with E-state index in [-0.39, 0.29) is 31.7 Å². The Balaban J connectivity index is 1.84. The Morgan fingerprint density at radius 2 is 1.69 bits per heavy atom. The Bertz CT molecular complexity index is 982. The lowest BCUT2D eigenvalue weighted by atomic mass is 10.2. The first kappa shape index (κ1) is 22.9. The summed E-state index contributed by atoms with van der Waals surface area (Å²) >= 11 is 0. The van der Waals surface area contributed by atoms with Gasteiger partial charge < -0.3 is 26.0 Å². The van der Waals surface area contributed by atoms with Gasteiger partial charge in [-0.05, 0) is 36.4 Å². The molecule has 1 unspecified atom stereocenters. The van der Waals surface area contributed by atoms with Crippen molar-refractivity contribution < 1.29 is 27.9 Å². The lowest BCUT2D eigenvalue weighted by molar-refractivity contribution is -0.127. The first-order valence-electron chi connectivity index (χ1n) is 9.80. The molecule has 0 saturated carbocycles. The number of urea groups is 1. The normalized spacial score (nSPS) is 15.4. The van der Waals surface area contributed by atoms with Crippen LogP contribution >= 0.6 is 0 Å². The molecule has 32 heavy (non-hydrogen) atoms. The van der Waals surface area contributed by atoms with Gasteiger partial charge in [0.15, 0.2) is 6.17 Å². The van der Waals surface area contributed by atoms with Gasteiger partial charge >= 0.3 is 6.03 Å². The number of amides is 4. The molecule has 9 nitrogen and oxygen atoms in total. The molecule has 1 aliphatic heterocycles. The summed E-state index contributed by atoms with van der Waals surface area (Å²) in [5.74, 6) is -2.67. The van der Waals surface area contributed by atoms with Gasteiger partial charge in [-0.3, -0.25) is 14.5 Å². The minimum Gasteiger partial charge on any atom is -0.497 e. The van der Waals surface area contributed by atoms with Crippen LogP contribution in [0.25, 0.3) is 0 Å². The van der Waals surface area contributed by atoms with Crippen LogP contribution in [0, 0.1) is 11.6 Å². The Morgan fingerprint density at radius 3 is 2.28 bits per heavy atom. The minimum absolute atomic E-state index is 0.00624. The van der Waals surface area contributed by atoms with Gasteiger partial charge in [0, 0.05) is 43.5 Å². The van der Waals surface area contributed by atoms with Gasteiger partial charge in [-0.15, -0.1) is 0 Å². The van der Waals surface area contributed by atoms with Gasteiger partial charge in [0.1, 0.15) is 17.4 Å². The molecule has 1 saturated heterocycles. The van der Waals surface area contributed by atoms with E-state index in [9.17, 15) is 23.2 Å². The van der Waals surface area contributed by atoms with E-state index in [1.807, 2.05) is 0 Å². The number of carbonyl (C=O) groups is 3. The summed E-state index contributed by atoms with van der Waals surface area (Å²) in [5, 5.41) is 5.22. The van der Waals surface area contributed by atoms with Crippen molar-refractivity contribution in [2.45, 2.75) is 6.17 Å². The molecule has 4 amide bonds. The number of benzene rings is 2. The van der Waals surface area contributed by atoms with E-state index < -0.39 is 35.6 Å². The number of nitrogens with one attached hydrogen (secondary N) is 2. The summed E-state index contributed by atoms with van der Waals surface area (Å²) in [6.07, 6.45) is -1.32. The van der Waals surface area contributed by atoms with Crippen molar-refractivity contribution in [1.29, 1.82) is 0 Å². The second-order valence-corrected chi connectivity index (χ2v) is 6.96. The third kappa shape index (κ3) is 5.11. The molecule has 0 spiro atoms. The van der Waals surface area contributed by atoms with Crippen molar-refractivity contribution >= 4 is 23.5 Å². The quantitative estimate of drug-likeness (QED) is 0.618. The predicted molar refractivity (Wildman–Crippen MR) is 112 cm³/mol. The molecule has 3 rings (SSSR count). The third-order valence-electron chi connectivity index (χ3n) is 4.82. The topological polar surface area (TPSA) is 117 Å². The summed E-state index contributed by atoms with van der Waals surface area (Å²) in [6, 6.07) is 8.31. The van der Waals surface area contributed by atoms with Crippen LogP contribution in [-0.2, 0) is 4.79 Å². The van der Waals surface area contributed by atoms with E-state index in [0.29, 0.717) is 17.5 Å². The number of nitrogens with zero attached hydrogens (tertiary/aromatic N) is 2. The number of anilines is 1. The highest BCUT2D eigenvalue weighted by atomic mass is 19.1. The van der Waals surface area contributed by atoms with Gasteiger partial charge in [-0.1, -0.05) is 0 Å². The molecule has 1 aliphatic rings. The van der Waals surface area contributed by atoms with E-state index in [4.69, 9.17) is 10.5 Å². The highest BCUT2D eigenvalue weighted by Gasteiger charge is 2.43. The first-order chi connectivity index (χ1) is 15.3. The lowest BCUT2D eigenvalue weighted by Gasteiger charge is -2.29. The average molecular weight is 447 g/mol. The lowest BCUT2D eigenvalue weighted by Crippen LogP contribution is -2.55. The number of hydrogen-bond acceptors (Lipinski definition) is 5. The van der Waals surface area contributed by atoms with Crippen molar-refractivity contribution in [2.24, 2.45) is 5.73 Å². The molecule has 1 heterocycles. The second-order valence-electron chi connectivity index (χ2n) is 6.96. The highest BCUT2D eigenvalue weighted by molar-refractivity contribution is 6.00. The van der Waals surface area contributed by atoms with Gasteiger partial charge in [0.25, 0.3) is 11.8 Å². The number of nitrogens with two attached hydrogens (primary N) is 1. The van der Waals surface area contributed by atoms with Crippen molar-refractivity contribution in [1.82, 2.24) is 15.1 Å². The monoisotopic (exact) mass is 447 g/mol. The summed E-state index contributed by atoms with van der Waals surface area (Å²) in [7, 11) is 1.51. The largest absolute Gasteiger partial charge is 0.497 e. The van der Waals surface area contributed by atoms with Crippen molar-refractivity contribution in [2.75, 3.05) is 38.6 Å². The zero-order chi connectivity index (χ0) is 23.3. The molecule has 1 fully saturated rings. The van der Waals surface area contributed by atoms with Crippen LogP contribution in [0.5, 0.6) is 5.75 Å². The van der Waals surface area contributed by atoms with Gasteiger partial charge in [-0.2, -0.15) is 0 Å². The second kappa shape index (κ2) is 10.1. The van der Waals surface area contributed by atoms with Crippen LogP contribution in [0.1, 0.15) is 10.4 Å². The smallest absolute Gasteiger partial charge is 0.323 e. The van der Waals surface area contributed by atoms with Crippen molar-refractivity contribution in [3.8, 4) is 5.75 Å². The summed E-state index contributed by atoms with van der Waals surface area (Å²) in [4.78, 5) is 40.9. The molecule has 2 aromatic rings. The fourth-order valence-electron chi connectivity index (χ4n) is 3.34. The number of carbonyl (C=O) groups excluding carboxylic acids is 3. The van der Waals surface area contributed by atoms with E-state index in [2.05, 4.69) is 10.6 Å². The molecule has 4 N–H and O–H groups in total. The number of methoxy groups -OCH3 is 1. The van der Waals surface area contributed by atoms with E-state index >= 15 is 0 Å². The zero-order valence-corrected chi connectivity index (χ0v) is 17.3. The average Bonchev–Trinajstić information content (AvgIpc) is 3.22. The SMILES string of the molecule is COc1ccc(NC(=O)N2CCN(C(=O)c3cc(F)cc(F)c3)C2C(=O)NCCN)cc1. The molecule has 0 aromatic heterocycles. The minimum atomic E-state index is -1.32. The first-order valence-corrected chi connectivity index (χ1v) is 9.80. The van der Waals surface area contributed by atoms with Crippen LogP contribution in [0.2, 0.25) is 0 Å². The van der Waals surface area contributed by atoms with Crippen LogP contribution in [-0.4, -0.2) is 67.1 Å². The number of rotatable bonds is 6. The number of hydrogen-bond donors (Lipinski definition) is 3. The molecule has 0 aliphatic carbocycles. The molecular weight excluding hydrogens is 424 g/mol. The fourth-order valence-corrected chi connectivity index (χ4v) is 3.34. The van der Waals surface area contributed by atoms with Gasteiger partial charge in [-0.25, -0.2) is 13.6 Å². The standard InChI is InChI=1S/C21H23F2N5O4/c1-32-17-4-2-16(3-5-17)26-21(31)28-9-8-27(19(28)18(29)25-7-6-24)20(30)13-10-14(22)12-15(23)11-13/h2-5,10-12,19H,6-9,24H2,1H3,(H,25,29)(H,26,31).